The molecule has 0 saturated carbocycles. The van der Waals surface area contributed by atoms with Crippen molar-refractivity contribution >= 4 is 11.6 Å². The normalized spacial score (nSPS) is 10.3. The molecule has 0 saturated heterocycles. The summed E-state index contributed by atoms with van der Waals surface area (Å²) >= 11 is 5.88. The molecule has 1 aromatic heterocycles. The van der Waals surface area contributed by atoms with Crippen LogP contribution in [-0.4, -0.2) is 16.7 Å². The zero-order valence-corrected chi connectivity index (χ0v) is 11.2. The quantitative estimate of drug-likeness (QED) is 0.911. The van der Waals surface area contributed by atoms with Gasteiger partial charge in [0.1, 0.15) is 0 Å². The summed E-state index contributed by atoms with van der Waals surface area (Å²) in [5, 5.41) is 9.57. The Kier molecular flexibility index (Phi) is 4.60. The van der Waals surface area contributed by atoms with E-state index in [1.807, 2.05) is 25.1 Å². The monoisotopic (exact) mass is 279 g/mol. The molecule has 1 aromatic carbocycles. The van der Waals surface area contributed by atoms with Crippen molar-refractivity contribution in [1.29, 1.82) is 0 Å². The van der Waals surface area contributed by atoms with Crippen LogP contribution in [0.3, 0.4) is 0 Å². The molecular formula is C14H14ClNO3. The van der Waals surface area contributed by atoms with Crippen LogP contribution >= 0.6 is 11.6 Å². The molecule has 5 heteroatoms. The van der Waals surface area contributed by atoms with Crippen LogP contribution in [0, 0.1) is 0 Å². The van der Waals surface area contributed by atoms with Crippen LogP contribution in [0.25, 0.3) is 0 Å². The van der Waals surface area contributed by atoms with E-state index in [4.69, 9.17) is 26.2 Å². The van der Waals surface area contributed by atoms with E-state index in [9.17, 15) is 0 Å². The molecule has 19 heavy (non-hydrogen) atoms. The van der Waals surface area contributed by atoms with Gasteiger partial charge in [0.05, 0.1) is 18.2 Å². The molecule has 0 aliphatic rings. The highest BCUT2D eigenvalue weighted by Crippen LogP contribution is 2.31. The lowest BCUT2D eigenvalue weighted by atomic mass is 10.3. The standard InChI is InChI=1S/C14H14ClNO3/c1-2-18-12-5-3-4-6-13(12)19-14-7-10(9-17)11(15)8-16-14/h3-8,17H,2,9H2,1H3. The first-order chi connectivity index (χ1) is 9.24. The van der Waals surface area contributed by atoms with Crippen molar-refractivity contribution < 1.29 is 14.6 Å². The Labute approximate surface area is 116 Å². The van der Waals surface area contributed by atoms with Gasteiger partial charge in [-0.25, -0.2) is 4.98 Å². The van der Waals surface area contributed by atoms with E-state index >= 15 is 0 Å². The van der Waals surface area contributed by atoms with Crippen molar-refractivity contribution in [2.45, 2.75) is 13.5 Å². The highest BCUT2D eigenvalue weighted by Gasteiger charge is 2.08. The maximum Gasteiger partial charge on any atom is 0.219 e. The first-order valence-corrected chi connectivity index (χ1v) is 6.27. The number of hydrogen-bond donors (Lipinski definition) is 1. The first-order valence-electron chi connectivity index (χ1n) is 5.89. The van der Waals surface area contributed by atoms with Gasteiger partial charge in [-0.05, 0) is 19.1 Å². The van der Waals surface area contributed by atoms with Gasteiger partial charge in [-0.3, -0.25) is 0 Å². The fraction of sp³-hybridized carbons (Fsp3) is 0.214. The average Bonchev–Trinajstić information content (AvgIpc) is 2.43. The fourth-order valence-electron chi connectivity index (χ4n) is 1.56. The predicted molar refractivity (Wildman–Crippen MR) is 72.9 cm³/mol. The van der Waals surface area contributed by atoms with E-state index in [-0.39, 0.29) is 6.61 Å². The van der Waals surface area contributed by atoms with Crippen LogP contribution in [0.4, 0.5) is 0 Å². The number of para-hydroxylation sites is 2. The van der Waals surface area contributed by atoms with E-state index in [1.54, 1.807) is 12.1 Å². The Balaban J connectivity index is 2.26. The van der Waals surface area contributed by atoms with Gasteiger partial charge < -0.3 is 14.6 Å². The average molecular weight is 280 g/mol. The smallest absolute Gasteiger partial charge is 0.219 e. The SMILES string of the molecule is CCOc1ccccc1Oc1cc(CO)c(Cl)cn1. The number of halogens is 1. The number of aliphatic hydroxyl groups is 1. The van der Waals surface area contributed by atoms with Gasteiger partial charge in [-0.2, -0.15) is 0 Å². The molecule has 0 aliphatic heterocycles. The minimum absolute atomic E-state index is 0.162. The second-order valence-corrected chi connectivity index (χ2v) is 4.16. The van der Waals surface area contributed by atoms with Gasteiger partial charge in [0.2, 0.25) is 5.88 Å². The predicted octanol–water partition coefficient (Wildman–Crippen LogP) is 3.42. The van der Waals surface area contributed by atoms with Crippen molar-refractivity contribution in [2.24, 2.45) is 0 Å². The van der Waals surface area contributed by atoms with E-state index in [1.165, 1.54) is 6.20 Å². The molecule has 4 nitrogen and oxygen atoms in total. The van der Waals surface area contributed by atoms with Crippen molar-refractivity contribution in [3.8, 4) is 17.4 Å². The number of ether oxygens (including phenoxy) is 2. The number of hydrogen-bond acceptors (Lipinski definition) is 4. The number of aromatic nitrogens is 1. The maximum atomic E-state index is 9.16. The zero-order valence-electron chi connectivity index (χ0n) is 10.5. The molecular weight excluding hydrogens is 266 g/mol. The van der Waals surface area contributed by atoms with Gasteiger partial charge in [-0.1, -0.05) is 23.7 Å². The lowest BCUT2D eigenvalue weighted by molar-refractivity contribution is 0.281. The highest BCUT2D eigenvalue weighted by molar-refractivity contribution is 6.31. The van der Waals surface area contributed by atoms with Crippen molar-refractivity contribution in [1.82, 2.24) is 4.98 Å². The molecule has 0 amide bonds. The van der Waals surface area contributed by atoms with Crippen LogP contribution in [0.5, 0.6) is 17.4 Å². The van der Waals surface area contributed by atoms with Gasteiger partial charge in [-0.15, -0.1) is 0 Å². The van der Waals surface area contributed by atoms with Crippen molar-refractivity contribution in [3.63, 3.8) is 0 Å². The summed E-state index contributed by atoms with van der Waals surface area (Å²) in [6, 6.07) is 8.93. The van der Waals surface area contributed by atoms with Crippen LogP contribution in [0.2, 0.25) is 5.02 Å². The van der Waals surface area contributed by atoms with E-state index in [0.717, 1.165) is 0 Å². The molecule has 0 atom stereocenters. The summed E-state index contributed by atoms with van der Waals surface area (Å²) < 4.78 is 11.1. The summed E-state index contributed by atoms with van der Waals surface area (Å²) in [6.07, 6.45) is 1.45. The Morgan fingerprint density at radius 1 is 1.26 bits per heavy atom. The lowest BCUT2D eigenvalue weighted by Crippen LogP contribution is -1.96. The van der Waals surface area contributed by atoms with Crippen LogP contribution in [0.15, 0.2) is 36.5 Å². The summed E-state index contributed by atoms with van der Waals surface area (Å²) in [6.45, 7) is 2.29. The molecule has 0 spiro atoms. The van der Waals surface area contributed by atoms with Crippen molar-refractivity contribution in [2.75, 3.05) is 6.61 Å². The molecule has 2 rings (SSSR count). The third-order valence-electron chi connectivity index (χ3n) is 2.44. The number of rotatable bonds is 5. The first kappa shape index (κ1) is 13.6. The van der Waals surface area contributed by atoms with E-state index in [0.29, 0.717) is 34.6 Å². The Hall–Kier alpha value is -1.78. The van der Waals surface area contributed by atoms with Gasteiger partial charge in [0, 0.05) is 17.8 Å². The number of benzene rings is 1. The molecule has 0 unspecified atom stereocenters. The summed E-state index contributed by atoms with van der Waals surface area (Å²) in [5.41, 5.74) is 0.570. The Morgan fingerprint density at radius 3 is 2.68 bits per heavy atom. The zero-order chi connectivity index (χ0) is 13.7. The molecule has 2 aromatic rings. The Morgan fingerprint density at radius 2 is 2.00 bits per heavy atom. The number of pyridine rings is 1. The molecule has 100 valence electrons. The van der Waals surface area contributed by atoms with E-state index < -0.39 is 0 Å². The number of aliphatic hydroxyl groups excluding tert-OH is 1. The third-order valence-corrected chi connectivity index (χ3v) is 2.78. The summed E-state index contributed by atoms with van der Waals surface area (Å²) in [5.74, 6) is 1.58. The summed E-state index contributed by atoms with van der Waals surface area (Å²) in [7, 11) is 0. The van der Waals surface area contributed by atoms with Crippen LogP contribution < -0.4 is 9.47 Å². The highest BCUT2D eigenvalue weighted by atomic mass is 35.5. The molecule has 1 heterocycles. The molecule has 1 N–H and O–H groups in total. The topological polar surface area (TPSA) is 51.6 Å². The van der Waals surface area contributed by atoms with Gasteiger partial charge >= 0.3 is 0 Å². The van der Waals surface area contributed by atoms with Gasteiger partial charge in [0.25, 0.3) is 0 Å². The van der Waals surface area contributed by atoms with Gasteiger partial charge in [0.15, 0.2) is 11.5 Å². The Bertz CT molecular complexity index is 560. The minimum atomic E-state index is -0.162. The van der Waals surface area contributed by atoms with Crippen LogP contribution in [-0.2, 0) is 6.61 Å². The largest absolute Gasteiger partial charge is 0.490 e. The minimum Gasteiger partial charge on any atom is -0.490 e. The lowest BCUT2D eigenvalue weighted by Gasteiger charge is -2.11. The third kappa shape index (κ3) is 3.36. The molecule has 0 aliphatic carbocycles. The second kappa shape index (κ2) is 6.41. The van der Waals surface area contributed by atoms with Crippen LogP contribution in [0.1, 0.15) is 12.5 Å². The molecule has 0 radical (unpaired) electrons. The summed E-state index contributed by atoms with van der Waals surface area (Å²) in [4.78, 5) is 4.06. The van der Waals surface area contributed by atoms with Crippen molar-refractivity contribution in [3.05, 3.63) is 47.1 Å². The maximum absolute atomic E-state index is 9.16. The van der Waals surface area contributed by atoms with E-state index in [2.05, 4.69) is 4.98 Å². The molecule has 0 fully saturated rings. The molecule has 0 bridgehead atoms. The number of nitrogens with zero attached hydrogens (tertiary/aromatic N) is 1. The second-order valence-electron chi connectivity index (χ2n) is 3.75. The fourth-order valence-corrected chi connectivity index (χ4v) is 1.72.